The normalized spacial score (nSPS) is 14.9. The predicted molar refractivity (Wildman–Crippen MR) is 157 cm³/mol. The molecule has 0 saturated carbocycles. The molecule has 0 saturated heterocycles. The summed E-state index contributed by atoms with van der Waals surface area (Å²) in [6.07, 6.45) is 2.87. The number of anilines is 1. The molecule has 39 heavy (non-hydrogen) atoms. The van der Waals surface area contributed by atoms with E-state index in [9.17, 15) is 5.11 Å². The lowest BCUT2D eigenvalue weighted by Gasteiger charge is -2.35. The second-order valence-corrected chi connectivity index (χ2v) is 10.7. The minimum atomic E-state index is -0.325. The molecule has 210 valence electrons. The maximum absolute atomic E-state index is 15.1. The third-order valence-corrected chi connectivity index (χ3v) is 7.94. The molecule has 0 spiro atoms. The van der Waals surface area contributed by atoms with E-state index < -0.39 is 0 Å². The molecule has 1 aliphatic rings. The lowest BCUT2D eigenvalue weighted by molar-refractivity contribution is 0.217. The van der Waals surface area contributed by atoms with Gasteiger partial charge < -0.3 is 24.4 Å². The zero-order valence-corrected chi connectivity index (χ0v) is 24.0. The van der Waals surface area contributed by atoms with Crippen LogP contribution in [0.4, 0.5) is 10.1 Å². The van der Waals surface area contributed by atoms with Gasteiger partial charge in [0.1, 0.15) is 18.1 Å². The van der Waals surface area contributed by atoms with Crippen LogP contribution in [0, 0.1) is 5.82 Å². The van der Waals surface area contributed by atoms with Crippen molar-refractivity contribution in [2.45, 2.75) is 65.5 Å². The Labute approximate surface area is 233 Å². The van der Waals surface area contributed by atoms with Gasteiger partial charge in [-0.3, -0.25) is 0 Å². The monoisotopic (exact) mass is 534 g/mol. The number of phenolic OH excluding ortho intramolecular Hbond substituents is 1. The lowest BCUT2D eigenvalue weighted by atomic mass is 9.79. The molecule has 0 radical (unpaired) electrons. The minimum Gasteiger partial charge on any atom is -0.508 e. The average molecular weight is 535 g/mol. The van der Waals surface area contributed by atoms with Gasteiger partial charge in [0.2, 0.25) is 0 Å². The summed E-state index contributed by atoms with van der Waals surface area (Å²) < 4.78 is 26.4. The van der Waals surface area contributed by atoms with Gasteiger partial charge >= 0.3 is 0 Å². The van der Waals surface area contributed by atoms with E-state index in [1.54, 1.807) is 25.3 Å². The fraction of sp³-hybridized carbons (Fsp3) is 0.455. The first kappa shape index (κ1) is 28.8. The van der Waals surface area contributed by atoms with Crippen LogP contribution in [0.3, 0.4) is 0 Å². The summed E-state index contributed by atoms with van der Waals surface area (Å²) >= 11 is 0. The van der Waals surface area contributed by atoms with E-state index >= 15 is 4.39 Å². The molecule has 0 amide bonds. The lowest BCUT2D eigenvalue weighted by Crippen LogP contribution is -2.32. The fourth-order valence-corrected chi connectivity index (χ4v) is 5.58. The summed E-state index contributed by atoms with van der Waals surface area (Å²) in [7, 11) is 1.69. The summed E-state index contributed by atoms with van der Waals surface area (Å²) in [6.45, 7) is 12.3. The van der Waals surface area contributed by atoms with Crippen molar-refractivity contribution in [3.8, 4) is 17.2 Å². The number of hydrogen-bond donors (Lipinski definition) is 1. The van der Waals surface area contributed by atoms with Gasteiger partial charge in [0.05, 0.1) is 7.11 Å². The van der Waals surface area contributed by atoms with Crippen molar-refractivity contribution in [1.29, 1.82) is 0 Å². The first-order valence-electron chi connectivity index (χ1n) is 14.2. The minimum absolute atomic E-state index is 0.191. The topological polar surface area (TPSA) is 45.2 Å². The van der Waals surface area contributed by atoms with Gasteiger partial charge in [-0.25, -0.2) is 4.39 Å². The number of hydrogen-bond acceptors (Lipinski definition) is 5. The summed E-state index contributed by atoms with van der Waals surface area (Å²) in [5, 5.41) is 9.91. The van der Waals surface area contributed by atoms with E-state index in [1.165, 1.54) is 16.7 Å². The first-order chi connectivity index (χ1) is 18.8. The summed E-state index contributed by atoms with van der Waals surface area (Å²) in [5.41, 5.74) is 5.82. The SMILES string of the molecule is CCN(CC)CCOc1ccc(CN(c2cc(OC)ccc2C2CCc3cc(O)ccc3C2)C(C)C)cc1F. The van der Waals surface area contributed by atoms with Gasteiger partial charge in [0.15, 0.2) is 11.6 Å². The number of ether oxygens (including phenoxy) is 2. The zero-order chi connectivity index (χ0) is 27.9. The molecule has 1 atom stereocenters. The Morgan fingerprint density at radius 2 is 1.79 bits per heavy atom. The van der Waals surface area contributed by atoms with Crippen molar-refractivity contribution in [2.75, 3.05) is 38.3 Å². The molecule has 1 N–H and O–H groups in total. The highest BCUT2D eigenvalue weighted by atomic mass is 19.1. The van der Waals surface area contributed by atoms with E-state index in [2.05, 4.69) is 55.7 Å². The van der Waals surface area contributed by atoms with Gasteiger partial charge in [0, 0.05) is 30.9 Å². The number of nitrogens with zero attached hydrogens (tertiary/aromatic N) is 2. The Kier molecular flexibility index (Phi) is 9.73. The van der Waals surface area contributed by atoms with Crippen LogP contribution in [-0.4, -0.2) is 49.4 Å². The molecule has 0 aliphatic heterocycles. The maximum Gasteiger partial charge on any atom is 0.165 e. The Bertz CT molecular complexity index is 1240. The smallest absolute Gasteiger partial charge is 0.165 e. The van der Waals surface area contributed by atoms with Crippen LogP contribution in [0.2, 0.25) is 0 Å². The van der Waals surface area contributed by atoms with Crippen LogP contribution in [0.15, 0.2) is 54.6 Å². The standard InChI is InChI=1S/C33H43FN2O3/c1-6-35(7-2)16-17-39-33-15-8-24(18-31(33)34)22-36(23(3)4)32-21-29(38-5)13-14-30(32)27-10-9-26-20-28(37)12-11-25(26)19-27/h8,11-15,18,20-21,23,27,37H,6-7,9-10,16-17,19,22H2,1-5H3. The van der Waals surface area contributed by atoms with Crippen molar-refractivity contribution in [3.63, 3.8) is 0 Å². The summed E-state index contributed by atoms with van der Waals surface area (Å²) in [5.74, 6) is 1.46. The molecule has 0 aromatic heterocycles. The van der Waals surface area contributed by atoms with Gasteiger partial charge in [-0.1, -0.05) is 32.0 Å². The average Bonchev–Trinajstić information content (AvgIpc) is 2.94. The van der Waals surface area contributed by atoms with Gasteiger partial charge in [-0.15, -0.1) is 0 Å². The van der Waals surface area contributed by atoms with Crippen LogP contribution in [0.25, 0.3) is 0 Å². The number of halogens is 1. The second-order valence-electron chi connectivity index (χ2n) is 10.7. The van der Waals surface area contributed by atoms with Gasteiger partial charge in [-0.05, 0) is 105 Å². The molecular formula is C33H43FN2O3. The number of likely N-dealkylation sites (N-methyl/N-ethyl adjacent to an activating group) is 1. The number of rotatable bonds is 12. The van der Waals surface area contributed by atoms with Gasteiger partial charge in [0.25, 0.3) is 0 Å². The Balaban J connectivity index is 1.56. The maximum atomic E-state index is 15.1. The molecule has 0 fully saturated rings. The number of methoxy groups -OCH3 is 1. The highest BCUT2D eigenvalue weighted by molar-refractivity contribution is 5.60. The number of aryl methyl sites for hydroxylation is 1. The van der Waals surface area contributed by atoms with Gasteiger partial charge in [-0.2, -0.15) is 0 Å². The molecule has 5 nitrogen and oxygen atoms in total. The summed E-state index contributed by atoms with van der Waals surface area (Å²) in [6, 6.07) is 17.6. The Hall–Kier alpha value is -3.25. The molecular weight excluding hydrogens is 491 g/mol. The highest BCUT2D eigenvalue weighted by Crippen LogP contribution is 2.40. The van der Waals surface area contributed by atoms with Crippen LogP contribution in [0.1, 0.15) is 62.3 Å². The van der Waals surface area contributed by atoms with E-state index in [1.807, 2.05) is 18.2 Å². The molecule has 0 bridgehead atoms. The Morgan fingerprint density at radius 3 is 2.49 bits per heavy atom. The van der Waals surface area contributed by atoms with Crippen molar-refractivity contribution < 1.29 is 19.0 Å². The van der Waals surface area contributed by atoms with Crippen molar-refractivity contribution >= 4 is 5.69 Å². The third kappa shape index (κ3) is 7.04. The largest absolute Gasteiger partial charge is 0.508 e. The van der Waals surface area contributed by atoms with E-state index in [-0.39, 0.29) is 11.9 Å². The molecule has 1 aliphatic carbocycles. The Morgan fingerprint density at radius 1 is 1.00 bits per heavy atom. The van der Waals surface area contributed by atoms with E-state index in [0.717, 1.165) is 55.9 Å². The molecule has 0 heterocycles. The molecule has 3 aromatic carbocycles. The van der Waals surface area contributed by atoms with Crippen molar-refractivity contribution in [2.24, 2.45) is 0 Å². The van der Waals surface area contributed by atoms with Crippen LogP contribution >= 0.6 is 0 Å². The molecule has 3 aromatic rings. The quantitative estimate of drug-likeness (QED) is 0.272. The fourth-order valence-electron chi connectivity index (χ4n) is 5.58. The third-order valence-electron chi connectivity index (χ3n) is 7.94. The number of aromatic hydroxyl groups is 1. The van der Waals surface area contributed by atoms with Crippen LogP contribution in [0.5, 0.6) is 17.2 Å². The second kappa shape index (κ2) is 13.2. The highest BCUT2D eigenvalue weighted by Gasteiger charge is 2.26. The van der Waals surface area contributed by atoms with Crippen LogP contribution in [-0.2, 0) is 19.4 Å². The molecule has 4 rings (SSSR count). The van der Waals surface area contributed by atoms with Crippen molar-refractivity contribution in [3.05, 3.63) is 82.7 Å². The van der Waals surface area contributed by atoms with E-state index in [4.69, 9.17) is 9.47 Å². The number of fused-ring (bicyclic) bond motifs is 1. The predicted octanol–water partition coefficient (Wildman–Crippen LogP) is 6.95. The summed E-state index contributed by atoms with van der Waals surface area (Å²) in [4.78, 5) is 4.59. The molecule has 6 heteroatoms. The number of phenols is 1. The number of benzene rings is 3. The van der Waals surface area contributed by atoms with E-state index in [0.29, 0.717) is 30.6 Å². The van der Waals surface area contributed by atoms with Crippen molar-refractivity contribution in [1.82, 2.24) is 4.90 Å². The zero-order valence-electron chi connectivity index (χ0n) is 24.0. The first-order valence-corrected chi connectivity index (χ1v) is 14.2. The molecule has 1 unspecified atom stereocenters. The van der Waals surface area contributed by atoms with Crippen LogP contribution < -0.4 is 14.4 Å².